The highest BCUT2D eigenvalue weighted by Crippen LogP contribution is 2.35. The fourth-order valence-corrected chi connectivity index (χ4v) is 4.27. The second-order valence-electron chi connectivity index (χ2n) is 8.29. The van der Waals surface area contributed by atoms with Crippen molar-refractivity contribution in [3.8, 4) is 11.1 Å². The molecule has 0 spiro atoms. The van der Waals surface area contributed by atoms with Gasteiger partial charge in [-0.05, 0) is 43.0 Å². The number of hydrogen-bond donors (Lipinski definition) is 0. The van der Waals surface area contributed by atoms with Gasteiger partial charge < -0.3 is 4.90 Å². The zero-order valence-electron chi connectivity index (χ0n) is 16.3. The molecule has 1 aliphatic carbocycles. The Kier molecular flexibility index (Phi) is 4.83. The van der Waals surface area contributed by atoms with Gasteiger partial charge in [-0.3, -0.25) is 4.90 Å². The van der Waals surface area contributed by atoms with Crippen LogP contribution in [-0.4, -0.2) is 58.0 Å². The summed E-state index contributed by atoms with van der Waals surface area (Å²) >= 11 is 6.72. The van der Waals surface area contributed by atoms with Crippen molar-refractivity contribution >= 4 is 22.6 Å². The highest BCUT2D eigenvalue weighted by Gasteiger charge is 2.24. The number of nitrogens with zero attached hydrogens (tertiary/aromatic N) is 5. The molecule has 0 bridgehead atoms. The summed E-state index contributed by atoms with van der Waals surface area (Å²) in [7, 11) is 2.19. The van der Waals surface area contributed by atoms with E-state index in [1.807, 2.05) is 4.68 Å². The molecule has 2 heterocycles. The Hall–Kier alpha value is -1.95. The van der Waals surface area contributed by atoms with E-state index in [9.17, 15) is 0 Å². The lowest BCUT2D eigenvalue weighted by atomic mass is 10.0. The first kappa shape index (κ1) is 18.1. The number of rotatable bonds is 5. The Morgan fingerprint density at radius 3 is 2.46 bits per heavy atom. The smallest absolute Gasteiger partial charge is 0.132 e. The second kappa shape index (κ2) is 7.47. The van der Waals surface area contributed by atoms with Crippen molar-refractivity contribution in [1.29, 1.82) is 0 Å². The fourth-order valence-electron chi connectivity index (χ4n) is 3.96. The van der Waals surface area contributed by atoms with Gasteiger partial charge in [0.25, 0.3) is 0 Å². The van der Waals surface area contributed by atoms with Crippen LogP contribution in [0.3, 0.4) is 0 Å². The van der Waals surface area contributed by atoms with E-state index in [0.717, 1.165) is 67.3 Å². The first-order chi connectivity index (χ1) is 13.7. The van der Waals surface area contributed by atoms with Crippen molar-refractivity contribution in [3.63, 3.8) is 0 Å². The van der Waals surface area contributed by atoms with Gasteiger partial charge in [0.1, 0.15) is 5.52 Å². The van der Waals surface area contributed by atoms with Gasteiger partial charge in [0.2, 0.25) is 0 Å². The van der Waals surface area contributed by atoms with Crippen LogP contribution in [0.2, 0.25) is 5.02 Å². The van der Waals surface area contributed by atoms with E-state index in [2.05, 4.69) is 63.6 Å². The van der Waals surface area contributed by atoms with Gasteiger partial charge in [0.15, 0.2) is 0 Å². The maximum absolute atomic E-state index is 6.72. The zero-order valence-corrected chi connectivity index (χ0v) is 17.1. The minimum Gasteiger partial charge on any atom is -0.304 e. The number of fused-ring (bicyclic) bond motifs is 1. The highest BCUT2D eigenvalue weighted by molar-refractivity contribution is 6.37. The molecule has 0 radical (unpaired) electrons. The molecule has 0 amide bonds. The molecule has 0 N–H and O–H groups in total. The number of likely N-dealkylation sites (N-methyl/N-ethyl adjacent to an activating group) is 1. The molecule has 6 heteroatoms. The van der Waals surface area contributed by atoms with Crippen molar-refractivity contribution in [2.75, 3.05) is 33.2 Å². The van der Waals surface area contributed by atoms with Crippen LogP contribution < -0.4 is 0 Å². The van der Waals surface area contributed by atoms with Crippen LogP contribution >= 0.6 is 11.6 Å². The molecule has 2 aliphatic rings. The maximum Gasteiger partial charge on any atom is 0.132 e. The van der Waals surface area contributed by atoms with E-state index in [-0.39, 0.29) is 0 Å². The molecular formula is C22H26ClN5. The van der Waals surface area contributed by atoms with Crippen LogP contribution in [0, 0.1) is 5.92 Å². The molecule has 3 aromatic rings. The van der Waals surface area contributed by atoms with Crippen molar-refractivity contribution in [2.45, 2.75) is 25.9 Å². The molecular weight excluding hydrogens is 370 g/mol. The number of benzene rings is 2. The number of piperazine rings is 1. The molecule has 28 heavy (non-hydrogen) atoms. The lowest BCUT2D eigenvalue weighted by molar-refractivity contribution is 0.148. The average Bonchev–Trinajstić information content (AvgIpc) is 3.43. The van der Waals surface area contributed by atoms with Gasteiger partial charge in [-0.2, -0.15) is 0 Å². The van der Waals surface area contributed by atoms with E-state index in [4.69, 9.17) is 11.6 Å². The van der Waals surface area contributed by atoms with Gasteiger partial charge in [0, 0.05) is 44.8 Å². The Balaban J connectivity index is 1.35. The summed E-state index contributed by atoms with van der Waals surface area (Å²) in [5.41, 5.74) is 5.35. The topological polar surface area (TPSA) is 37.2 Å². The SMILES string of the molecule is CN1CCN(Cc2ccc(-c3ccc4c(nnn4CC4CC4)c3Cl)cc2)CC1. The predicted octanol–water partition coefficient (Wildman–Crippen LogP) is 3.91. The fraction of sp³-hybridized carbons (Fsp3) is 0.455. The lowest BCUT2D eigenvalue weighted by Crippen LogP contribution is -2.43. The monoisotopic (exact) mass is 395 g/mol. The zero-order chi connectivity index (χ0) is 19.1. The molecule has 1 aromatic heterocycles. The molecule has 5 rings (SSSR count). The molecule has 5 nitrogen and oxygen atoms in total. The summed E-state index contributed by atoms with van der Waals surface area (Å²) in [6.45, 7) is 6.53. The van der Waals surface area contributed by atoms with Crippen LogP contribution in [0.4, 0.5) is 0 Å². The summed E-state index contributed by atoms with van der Waals surface area (Å²) in [6, 6.07) is 13.0. The Morgan fingerprint density at radius 2 is 1.75 bits per heavy atom. The molecule has 1 saturated heterocycles. The van der Waals surface area contributed by atoms with Gasteiger partial charge in [-0.1, -0.05) is 47.1 Å². The predicted molar refractivity (Wildman–Crippen MR) is 113 cm³/mol. The normalized spacial score (nSPS) is 18.8. The van der Waals surface area contributed by atoms with Crippen LogP contribution in [0.1, 0.15) is 18.4 Å². The summed E-state index contributed by atoms with van der Waals surface area (Å²) < 4.78 is 2.00. The molecule has 2 aromatic carbocycles. The van der Waals surface area contributed by atoms with Crippen molar-refractivity contribution in [3.05, 3.63) is 47.0 Å². The van der Waals surface area contributed by atoms with Crippen molar-refractivity contribution in [2.24, 2.45) is 5.92 Å². The number of hydrogen-bond acceptors (Lipinski definition) is 4. The van der Waals surface area contributed by atoms with Crippen LogP contribution in [0.15, 0.2) is 36.4 Å². The quantitative estimate of drug-likeness (QED) is 0.656. The molecule has 1 aliphatic heterocycles. The van der Waals surface area contributed by atoms with Gasteiger partial charge in [-0.15, -0.1) is 5.10 Å². The third-order valence-electron chi connectivity index (χ3n) is 6.02. The molecule has 2 fully saturated rings. The molecule has 146 valence electrons. The standard InChI is InChI=1S/C22H26ClN5/c1-26-10-12-27(13-11-26)14-16-4-6-18(7-5-16)19-8-9-20-22(21(19)23)24-25-28(20)15-17-2-3-17/h4-9,17H,2-3,10-15H2,1H3. The van der Waals surface area contributed by atoms with Crippen LogP contribution in [0.5, 0.6) is 0 Å². The van der Waals surface area contributed by atoms with E-state index in [1.54, 1.807) is 0 Å². The van der Waals surface area contributed by atoms with Crippen LogP contribution in [-0.2, 0) is 13.1 Å². The van der Waals surface area contributed by atoms with E-state index in [0.29, 0.717) is 5.02 Å². The average molecular weight is 396 g/mol. The number of halogens is 1. The third kappa shape index (κ3) is 3.66. The first-order valence-electron chi connectivity index (χ1n) is 10.2. The van der Waals surface area contributed by atoms with Gasteiger partial charge in [0.05, 0.1) is 10.5 Å². The van der Waals surface area contributed by atoms with Gasteiger partial charge >= 0.3 is 0 Å². The Labute approximate surface area is 170 Å². The summed E-state index contributed by atoms with van der Waals surface area (Å²) in [4.78, 5) is 4.91. The Bertz CT molecular complexity index is 969. The minimum atomic E-state index is 0.700. The Morgan fingerprint density at radius 1 is 1.00 bits per heavy atom. The van der Waals surface area contributed by atoms with E-state index < -0.39 is 0 Å². The molecule has 0 unspecified atom stereocenters. The minimum absolute atomic E-state index is 0.700. The summed E-state index contributed by atoms with van der Waals surface area (Å²) in [6.07, 6.45) is 2.60. The van der Waals surface area contributed by atoms with Gasteiger partial charge in [-0.25, -0.2) is 4.68 Å². The van der Waals surface area contributed by atoms with E-state index >= 15 is 0 Å². The summed E-state index contributed by atoms with van der Waals surface area (Å²) in [5, 5.41) is 9.39. The highest BCUT2D eigenvalue weighted by atomic mass is 35.5. The van der Waals surface area contributed by atoms with Crippen LogP contribution in [0.25, 0.3) is 22.2 Å². The largest absolute Gasteiger partial charge is 0.304 e. The maximum atomic E-state index is 6.72. The summed E-state index contributed by atoms with van der Waals surface area (Å²) in [5.74, 6) is 0.760. The second-order valence-corrected chi connectivity index (χ2v) is 8.66. The first-order valence-corrected chi connectivity index (χ1v) is 10.6. The molecule has 1 saturated carbocycles. The lowest BCUT2D eigenvalue weighted by Gasteiger charge is -2.32. The third-order valence-corrected chi connectivity index (χ3v) is 6.40. The molecule has 0 atom stereocenters. The van der Waals surface area contributed by atoms with E-state index in [1.165, 1.54) is 18.4 Å². The number of aromatic nitrogens is 3. The van der Waals surface area contributed by atoms with Crippen molar-refractivity contribution in [1.82, 2.24) is 24.8 Å². The van der Waals surface area contributed by atoms with Crippen molar-refractivity contribution < 1.29 is 0 Å².